The second-order valence-electron chi connectivity index (χ2n) is 6.74. The van der Waals surface area contributed by atoms with Crippen LogP contribution in [0.4, 0.5) is 0 Å². The smallest absolute Gasteiger partial charge is 0.220 e. The maximum Gasteiger partial charge on any atom is 0.220 e. The standard InChI is InChI=1S/C22H25NO3/c1-16(24)17-11-13-19(14-12-17)26-15-5-10-22(25)23-21-9-4-7-18-6-2-3-8-20(18)21/h2-3,6,8,11-14,21H,4-5,7,9-10,15H2,1H3,(H,23,25)/t21-/m0/s1. The lowest BCUT2D eigenvalue weighted by molar-refractivity contribution is -0.122. The van der Waals surface area contributed by atoms with Crippen molar-refractivity contribution in [2.75, 3.05) is 6.61 Å². The number of ether oxygens (including phenoxy) is 1. The summed E-state index contributed by atoms with van der Waals surface area (Å²) in [5.41, 5.74) is 3.28. The largest absolute Gasteiger partial charge is 0.494 e. The Bertz CT molecular complexity index is 767. The summed E-state index contributed by atoms with van der Waals surface area (Å²) in [6.07, 6.45) is 4.32. The monoisotopic (exact) mass is 351 g/mol. The van der Waals surface area contributed by atoms with E-state index in [0.29, 0.717) is 25.0 Å². The van der Waals surface area contributed by atoms with E-state index in [1.54, 1.807) is 31.2 Å². The fourth-order valence-corrected chi connectivity index (χ4v) is 3.38. The first-order valence-corrected chi connectivity index (χ1v) is 9.24. The lowest BCUT2D eigenvalue weighted by Crippen LogP contribution is -2.31. The fraction of sp³-hybridized carbons (Fsp3) is 0.364. The molecule has 0 aliphatic heterocycles. The SMILES string of the molecule is CC(=O)c1ccc(OCCCC(=O)N[C@H]2CCCc3ccccc32)cc1. The predicted octanol–water partition coefficient (Wildman–Crippen LogP) is 4.24. The molecule has 0 aromatic heterocycles. The van der Waals surface area contributed by atoms with Gasteiger partial charge in [-0.2, -0.15) is 0 Å². The molecule has 0 heterocycles. The maximum atomic E-state index is 12.2. The summed E-state index contributed by atoms with van der Waals surface area (Å²) >= 11 is 0. The zero-order chi connectivity index (χ0) is 18.4. The highest BCUT2D eigenvalue weighted by Crippen LogP contribution is 2.29. The van der Waals surface area contributed by atoms with Gasteiger partial charge in [0.25, 0.3) is 0 Å². The van der Waals surface area contributed by atoms with Crippen molar-refractivity contribution >= 4 is 11.7 Å². The number of rotatable bonds is 7. The van der Waals surface area contributed by atoms with Crippen LogP contribution in [-0.2, 0) is 11.2 Å². The molecule has 4 nitrogen and oxygen atoms in total. The molecule has 0 bridgehead atoms. The van der Waals surface area contributed by atoms with Crippen LogP contribution in [0.25, 0.3) is 0 Å². The van der Waals surface area contributed by atoms with E-state index in [2.05, 4.69) is 23.5 Å². The van der Waals surface area contributed by atoms with Crippen LogP contribution in [0, 0.1) is 0 Å². The van der Waals surface area contributed by atoms with Gasteiger partial charge in [0.2, 0.25) is 5.91 Å². The van der Waals surface area contributed by atoms with Crippen molar-refractivity contribution in [1.29, 1.82) is 0 Å². The van der Waals surface area contributed by atoms with Gasteiger partial charge in [-0.05, 0) is 68.0 Å². The quantitative estimate of drug-likeness (QED) is 0.599. The topological polar surface area (TPSA) is 55.4 Å². The summed E-state index contributed by atoms with van der Waals surface area (Å²) in [5.74, 6) is 0.830. The van der Waals surface area contributed by atoms with E-state index in [9.17, 15) is 9.59 Å². The number of amides is 1. The molecule has 1 atom stereocenters. The average molecular weight is 351 g/mol. The number of nitrogens with one attached hydrogen (secondary N) is 1. The highest BCUT2D eigenvalue weighted by atomic mass is 16.5. The molecular formula is C22H25NO3. The van der Waals surface area contributed by atoms with Crippen molar-refractivity contribution in [2.24, 2.45) is 0 Å². The van der Waals surface area contributed by atoms with Gasteiger partial charge in [0.1, 0.15) is 5.75 Å². The summed E-state index contributed by atoms with van der Waals surface area (Å²) in [4.78, 5) is 23.5. The van der Waals surface area contributed by atoms with E-state index in [1.165, 1.54) is 11.1 Å². The molecule has 136 valence electrons. The third-order valence-electron chi connectivity index (χ3n) is 4.78. The van der Waals surface area contributed by atoms with Gasteiger partial charge < -0.3 is 10.1 Å². The molecule has 0 unspecified atom stereocenters. The van der Waals surface area contributed by atoms with Gasteiger partial charge in [-0.3, -0.25) is 9.59 Å². The molecule has 26 heavy (non-hydrogen) atoms. The molecule has 0 fully saturated rings. The van der Waals surface area contributed by atoms with Crippen LogP contribution in [0.15, 0.2) is 48.5 Å². The Morgan fingerprint density at radius 3 is 2.65 bits per heavy atom. The molecule has 2 aromatic carbocycles. The van der Waals surface area contributed by atoms with Crippen LogP contribution in [0.1, 0.15) is 60.1 Å². The van der Waals surface area contributed by atoms with Gasteiger partial charge >= 0.3 is 0 Å². The zero-order valence-electron chi connectivity index (χ0n) is 15.2. The highest BCUT2D eigenvalue weighted by molar-refractivity contribution is 5.94. The van der Waals surface area contributed by atoms with E-state index in [1.807, 2.05) is 6.07 Å². The van der Waals surface area contributed by atoms with Gasteiger partial charge in [0.15, 0.2) is 5.78 Å². The van der Waals surface area contributed by atoms with Crippen LogP contribution in [0.2, 0.25) is 0 Å². The first kappa shape index (κ1) is 18.2. The summed E-state index contributed by atoms with van der Waals surface area (Å²) in [5, 5.41) is 3.16. The van der Waals surface area contributed by atoms with Crippen LogP contribution in [0.3, 0.4) is 0 Å². The number of hydrogen-bond acceptors (Lipinski definition) is 3. The minimum absolute atomic E-state index is 0.0394. The van der Waals surface area contributed by atoms with Crippen LogP contribution >= 0.6 is 0 Å². The Kier molecular flexibility index (Phi) is 6.05. The van der Waals surface area contributed by atoms with E-state index >= 15 is 0 Å². The van der Waals surface area contributed by atoms with Crippen molar-refractivity contribution in [2.45, 2.75) is 45.1 Å². The maximum absolute atomic E-state index is 12.2. The number of ketones is 1. The fourth-order valence-electron chi connectivity index (χ4n) is 3.38. The minimum Gasteiger partial charge on any atom is -0.494 e. The Morgan fingerprint density at radius 1 is 1.12 bits per heavy atom. The number of carbonyl (C=O) groups excluding carboxylic acids is 2. The number of Topliss-reactive ketones (excluding diaryl/α,β-unsaturated/α-hetero) is 1. The van der Waals surface area contributed by atoms with Gasteiger partial charge in [-0.15, -0.1) is 0 Å². The van der Waals surface area contributed by atoms with Crippen LogP contribution < -0.4 is 10.1 Å². The molecule has 1 N–H and O–H groups in total. The molecule has 0 saturated heterocycles. The first-order chi connectivity index (χ1) is 12.6. The van der Waals surface area contributed by atoms with Crippen molar-refractivity contribution in [3.05, 3.63) is 65.2 Å². The van der Waals surface area contributed by atoms with Crippen LogP contribution in [-0.4, -0.2) is 18.3 Å². The summed E-state index contributed by atoms with van der Waals surface area (Å²) in [6.45, 7) is 2.02. The Hall–Kier alpha value is -2.62. The Morgan fingerprint density at radius 2 is 1.88 bits per heavy atom. The van der Waals surface area contributed by atoms with Gasteiger partial charge in [0, 0.05) is 12.0 Å². The molecular weight excluding hydrogens is 326 g/mol. The molecule has 1 amide bonds. The van der Waals surface area contributed by atoms with Crippen molar-refractivity contribution in [3.63, 3.8) is 0 Å². The molecule has 4 heteroatoms. The molecule has 2 aromatic rings. The van der Waals surface area contributed by atoms with Crippen LogP contribution in [0.5, 0.6) is 5.75 Å². The highest BCUT2D eigenvalue weighted by Gasteiger charge is 2.20. The number of benzene rings is 2. The third-order valence-corrected chi connectivity index (χ3v) is 4.78. The Balaban J connectivity index is 1.42. The van der Waals surface area contributed by atoms with E-state index in [0.717, 1.165) is 25.0 Å². The van der Waals surface area contributed by atoms with Gasteiger partial charge in [0.05, 0.1) is 12.6 Å². The number of carbonyl (C=O) groups is 2. The first-order valence-electron chi connectivity index (χ1n) is 9.24. The molecule has 1 aliphatic carbocycles. The second kappa shape index (κ2) is 8.65. The number of aryl methyl sites for hydroxylation is 1. The summed E-state index contributed by atoms with van der Waals surface area (Å²) < 4.78 is 5.65. The van der Waals surface area contributed by atoms with Crippen molar-refractivity contribution < 1.29 is 14.3 Å². The summed E-state index contributed by atoms with van der Waals surface area (Å²) in [7, 11) is 0. The lowest BCUT2D eigenvalue weighted by atomic mass is 9.87. The average Bonchev–Trinajstić information content (AvgIpc) is 2.66. The molecule has 1 aliphatic rings. The molecule has 3 rings (SSSR count). The summed E-state index contributed by atoms with van der Waals surface area (Å²) in [6, 6.07) is 15.6. The lowest BCUT2D eigenvalue weighted by Gasteiger charge is -2.26. The molecule has 0 spiro atoms. The van der Waals surface area contributed by atoms with Gasteiger partial charge in [-0.1, -0.05) is 24.3 Å². The van der Waals surface area contributed by atoms with Crippen molar-refractivity contribution in [1.82, 2.24) is 5.32 Å². The normalized spacial score (nSPS) is 15.8. The predicted molar refractivity (Wildman–Crippen MR) is 101 cm³/mol. The minimum atomic E-state index is 0.0394. The number of fused-ring (bicyclic) bond motifs is 1. The van der Waals surface area contributed by atoms with E-state index in [4.69, 9.17) is 4.74 Å². The van der Waals surface area contributed by atoms with Gasteiger partial charge in [-0.25, -0.2) is 0 Å². The second-order valence-corrected chi connectivity index (χ2v) is 6.74. The number of hydrogen-bond donors (Lipinski definition) is 1. The van der Waals surface area contributed by atoms with E-state index in [-0.39, 0.29) is 17.7 Å². The molecule has 0 radical (unpaired) electrons. The molecule has 0 saturated carbocycles. The van der Waals surface area contributed by atoms with E-state index < -0.39 is 0 Å². The third kappa shape index (κ3) is 4.72. The zero-order valence-corrected chi connectivity index (χ0v) is 15.2. The Labute approximate surface area is 154 Å². The van der Waals surface area contributed by atoms with Crippen molar-refractivity contribution in [3.8, 4) is 5.75 Å².